The molecule has 0 bridgehead atoms. The number of carbonyl (C=O) groups excluding carboxylic acids is 2. The molecule has 0 aromatic heterocycles. The van der Waals surface area contributed by atoms with Gasteiger partial charge in [0, 0.05) is 61.8 Å². The smallest absolute Gasteiger partial charge is 0.255 e. The predicted molar refractivity (Wildman–Crippen MR) is 131 cm³/mol. The molecule has 7 heteroatoms. The second-order valence-electron chi connectivity index (χ2n) is 8.08. The minimum atomic E-state index is -0.198. The summed E-state index contributed by atoms with van der Waals surface area (Å²) in [6, 6.07) is 22.0. The van der Waals surface area contributed by atoms with E-state index in [0.29, 0.717) is 22.5 Å². The highest BCUT2D eigenvalue weighted by Gasteiger charge is 2.14. The van der Waals surface area contributed by atoms with E-state index in [1.807, 2.05) is 42.5 Å². The van der Waals surface area contributed by atoms with E-state index in [1.165, 1.54) is 0 Å². The van der Waals surface area contributed by atoms with Crippen molar-refractivity contribution < 1.29 is 9.59 Å². The van der Waals surface area contributed by atoms with Crippen LogP contribution >= 0.6 is 0 Å². The van der Waals surface area contributed by atoms with Gasteiger partial charge >= 0.3 is 0 Å². The van der Waals surface area contributed by atoms with Crippen LogP contribution < -0.4 is 21.7 Å². The van der Waals surface area contributed by atoms with E-state index >= 15 is 0 Å². The van der Waals surface area contributed by atoms with E-state index in [0.717, 1.165) is 43.9 Å². The number of piperazine rings is 1. The Hall–Kier alpha value is -3.52. The molecule has 33 heavy (non-hydrogen) atoms. The quantitative estimate of drug-likeness (QED) is 0.450. The highest BCUT2D eigenvalue weighted by atomic mass is 16.2. The molecule has 1 aliphatic rings. The number of rotatable bonds is 7. The summed E-state index contributed by atoms with van der Waals surface area (Å²) in [6.45, 7) is 5.04. The lowest BCUT2D eigenvalue weighted by Crippen LogP contribution is -2.42. The molecule has 0 aliphatic carbocycles. The molecule has 0 saturated carbocycles. The number of benzene rings is 3. The van der Waals surface area contributed by atoms with Crippen LogP contribution in [0.1, 0.15) is 31.8 Å². The molecule has 1 fully saturated rings. The second-order valence-corrected chi connectivity index (χ2v) is 8.08. The Morgan fingerprint density at radius 1 is 0.848 bits per heavy atom. The van der Waals surface area contributed by atoms with Gasteiger partial charge in [-0.2, -0.15) is 0 Å². The third-order valence-corrected chi connectivity index (χ3v) is 5.67. The fourth-order valence-electron chi connectivity index (χ4n) is 3.89. The number of hydrogen-bond acceptors (Lipinski definition) is 5. The van der Waals surface area contributed by atoms with Crippen LogP contribution in [0.5, 0.6) is 0 Å². The van der Waals surface area contributed by atoms with Crippen molar-refractivity contribution in [3.05, 3.63) is 95.1 Å². The molecule has 5 N–H and O–H groups in total. The first-order chi connectivity index (χ1) is 16.1. The Labute approximate surface area is 194 Å². The van der Waals surface area contributed by atoms with Crippen LogP contribution in [0.3, 0.4) is 0 Å². The van der Waals surface area contributed by atoms with E-state index in [2.05, 4.69) is 20.9 Å². The van der Waals surface area contributed by atoms with Crippen LogP contribution in [-0.2, 0) is 13.1 Å². The van der Waals surface area contributed by atoms with Gasteiger partial charge in [0.25, 0.3) is 11.8 Å². The third kappa shape index (κ3) is 6.04. The van der Waals surface area contributed by atoms with Gasteiger partial charge in [0.1, 0.15) is 0 Å². The number of carbonyl (C=O) groups is 2. The lowest BCUT2D eigenvalue weighted by atomic mass is 10.1. The Balaban J connectivity index is 1.43. The maximum atomic E-state index is 12.9. The molecule has 7 nitrogen and oxygen atoms in total. The zero-order valence-electron chi connectivity index (χ0n) is 18.5. The van der Waals surface area contributed by atoms with Crippen LogP contribution in [0.15, 0.2) is 72.8 Å². The van der Waals surface area contributed by atoms with E-state index in [9.17, 15) is 9.59 Å². The van der Waals surface area contributed by atoms with Gasteiger partial charge in [-0.05, 0) is 53.6 Å². The molecule has 0 spiro atoms. The van der Waals surface area contributed by atoms with Crippen molar-refractivity contribution in [2.24, 2.45) is 5.73 Å². The van der Waals surface area contributed by atoms with Gasteiger partial charge in [0.05, 0.1) is 0 Å². The number of hydrogen-bond donors (Lipinski definition) is 4. The topological polar surface area (TPSA) is 99.5 Å². The van der Waals surface area contributed by atoms with Crippen molar-refractivity contribution in [3.8, 4) is 0 Å². The van der Waals surface area contributed by atoms with Crippen molar-refractivity contribution in [2.45, 2.75) is 13.1 Å². The van der Waals surface area contributed by atoms with Gasteiger partial charge in [0.2, 0.25) is 0 Å². The van der Waals surface area contributed by atoms with Crippen LogP contribution in [-0.4, -0.2) is 42.9 Å². The molecule has 0 unspecified atom stereocenters. The molecule has 3 aromatic carbocycles. The summed E-state index contributed by atoms with van der Waals surface area (Å²) < 4.78 is 0. The molecular formula is C26H29N5O2. The Kier molecular flexibility index (Phi) is 7.47. The largest absolute Gasteiger partial charge is 0.326 e. The SMILES string of the molecule is NCc1cc(NC(=O)c2ccccc2)ccc1NC(=O)c1cccc(CN2CCNCC2)c1. The first-order valence-electron chi connectivity index (χ1n) is 11.1. The molecule has 0 atom stereocenters. The average molecular weight is 444 g/mol. The molecule has 2 amide bonds. The predicted octanol–water partition coefficient (Wildman–Crippen LogP) is 3.06. The van der Waals surface area contributed by atoms with Crippen molar-refractivity contribution in [3.63, 3.8) is 0 Å². The van der Waals surface area contributed by atoms with Crippen LogP contribution in [0.2, 0.25) is 0 Å². The van der Waals surface area contributed by atoms with Crippen molar-refractivity contribution >= 4 is 23.2 Å². The molecule has 1 aliphatic heterocycles. The Morgan fingerprint density at radius 3 is 2.33 bits per heavy atom. The van der Waals surface area contributed by atoms with Gasteiger partial charge in [-0.25, -0.2) is 0 Å². The number of amides is 2. The number of nitrogens with two attached hydrogens (primary N) is 1. The van der Waals surface area contributed by atoms with E-state index in [-0.39, 0.29) is 18.4 Å². The first kappa shape index (κ1) is 22.7. The zero-order valence-corrected chi connectivity index (χ0v) is 18.5. The van der Waals surface area contributed by atoms with E-state index in [1.54, 1.807) is 30.3 Å². The van der Waals surface area contributed by atoms with Crippen molar-refractivity contribution in [1.82, 2.24) is 10.2 Å². The van der Waals surface area contributed by atoms with Gasteiger partial charge < -0.3 is 21.7 Å². The summed E-state index contributed by atoms with van der Waals surface area (Å²) in [5.74, 6) is -0.385. The fourth-order valence-corrected chi connectivity index (χ4v) is 3.89. The number of nitrogens with one attached hydrogen (secondary N) is 3. The number of nitrogens with zero attached hydrogens (tertiary/aromatic N) is 1. The summed E-state index contributed by atoms with van der Waals surface area (Å²) in [6.07, 6.45) is 0. The maximum Gasteiger partial charge on any atom is 0.255 e. The molecule has 170 valence electrons. The maximum absolute atomic E-state index is 12.9. The molecule has 0 radical (unpaired) electrons. The third-order valence-electron chi connectivity index (χ3n) is 5.67. The summed E-state index contributed by atoms with van der Waals surface area (Å²) in [5.41, 5.74) is 10.2. The number of anilines is 2. The summed E-state index contributed by atoms with van der Waals surface area (Å²) >= 11 is 0. The minimum Gasteiger partial charge on any atom is -0.326 e. The summed E-state index contributed by atoms with van der Waals surface area (Å²) in [4.78, 5) is 27.7. The van der Waals surface area contributed by atoms with Crippen molar-refractivity contribution in [2.75, 3.05) is 36.8 Å². The Bertz CT molecular complexity index is 1110. The molecule has 1 heterocycles. The molecule has 1 saturated heterocycles. The monoisotopic (exact) mass is 443 g/mol. The second kappa shape index (κ2) is 10.9. The molecule has 3 aromatic rings. The van der Waals surface area contributed by atoms with E-state index in [4.69, 9.17) is 5.73 Å². The van der Waals surface area contributed by atoms with Crippen molar-refractivity contribution in [1.29, 1.82) is 0 Å². The first-order valence-corrected chi connectivity index (χ1v) is 11.1. The summed E-state index contributed by atoms with van der Waals surface area (Å²) in [7, 11) is 0. The normalized spacial score (nSPS) is 14.0. The van der Waals surface area contributed by atoms with Gasteiger partial charge in [-0.1, -0.05) is 30.3 Å². The van der Waals surface area contributed by atoms with Crippen LogP contribution in [0.25, 0.3) is 0 Å². The Morgan fingerprint density at radius 2 is 1.58 bits per heavy atom. The molecular weight excluding hydrogens is 414 g/mol. The van der Waals surface area contributed by atoms with E-state index < -0.39 is 0 Å². The van der Waals surface area contributed by atoms with Crippen LogP contribution in [0.4, 0.5) is 11.4 Å². The highest BCUT2D eigenvalue weighted by molar-refractivity contribution is 6.06. The zero-order chi connectivity index (χ0) is 23.0. The van der Waals surface area contributed by atoms with Gasteiger partial charge in [-0.15, -0.1) is 0 Å². The molecule has 4 rings (SSSR count). The van der Waals surface area contributed by atoms with Gasteiger partial charge in [-0.3, -0.25) is 14.5 Å². The van der Waals surface area contributed by atoms with Crippen LogP contribution in [0, 0.1) is 0 Å². The summed E-state index contributed by atoms with van der Waals surface area (Å²) in [5, 5.41) is 9.19. The minimum absolute atomic E-state index is 0.187. The highest BCUT2D eigenvalue weighted by Crippen LogP contribution is 2.22. The standard InChI is InChI=1S/C26H29N5O2/c27-17-22-16-23(29-25(32)20-6-2-1-3-7-20)9-10-24(22)30-26(33)21-8-4-5-19(15-21)18-31-13-11-28-12-14-31/h1-10,15-16,28H,11-14,17-18,27H2,(H,29,32)(H,30,33). The lowest BCUT2D eigenvalue weighted by molar-refractivity contribution is 0.101. The fraction of sp³-hybridized carbons (Fsp3) is 0.231. The van der Waals surface area contributed by atoms with Gasteiger partial charge in [0.15, 0.2) is 0 Å². The average Bonchev–Trinajstić information content (AvgIpc) is 2.86. The lowest BCUT2D eigenvalue weighted by Gasteiger charge is -2.27.